The Labute approximate surface area is 145 Å². The quantitative estimate of drug-likeness (QED) is 0.778. The van der Waals surface area contributed by atoms with Gasteiger partial charge in [-0.1, -0.05) is 13.3 Å². The molecule has 0 heterocycles. The molecule has 0 saturated heterocycles. The lowest BCUT2D eigenvalue weighted by atomic mass is 9.53. The largest absolute Gasteiger partial charge is 0.494 e. The van der Waals surface area contributed by atoms with Crippen molar-refractivity contribution in [1.82, 2.24) is 5.32 Å². The first-order chi connectivity index (χ1) is 11.7. The molecule has 1 aromatic rings. The van der Waals surface area contributed by atoms with Gasteiger partial charge in [-0.15, -0.1) is 0 Å². The van der Waals surface area contributed by atoms with Crippen LogP contribution in [0.3, 0.4) is 0 Å². The van der Waals surface area contributed by atoms with Crippen molar-refractivity contribution < 1.29 is 9.53 Å². The van der Waals surface area contributed by atoms with Crippen LogP contribution >= 0.6 is 0 Å². The summed E-state index contributed by atoms with van der Waals surface area (Å²) in [6.45, 7) is 2.90. The Morgan fingerprint density at radius 3 is 2.21 bits per heavy atom. The van der Waals surface area contributed by atoms with E-state index < -0.39 is 0 Å². The predicted octanol–water partition coefficient (Wildman–Crippen LogP) is 4.56. The highest BCUT2D eigenvalue weighted by atomic mass is 16.5. The maximum absolute atomic E-state index is 12.7. The van der Waals surface area contributed by atoms with Crippen molar-refractivity contribution in [3.8, 4) is 5.75 Å². The van der Waals surface area contributed by atoms with Gasteiger partial charge in [0.1, 0.15) is 5.75 Å². The number of amides is 1. The normalized spacial score (nSPS) is 33.5. The number of benzene rings is 1. The molecule has 130 valence electrons. The van der Waals surface area contributed by atoms with E-state index in [0.717, 1.165) is 48.5 Å². The number of carbonyl (C=O) groups is 1. The Morgan fingerprint density at radius 2 is 1.67 bits per heavy atom. The topological polar surface area (TPSA) is 38.3 Å². The fourth-order valence-corrected chi connectivity index (χ4v) is 5.61. The van der Waals surface area contributed by atoms with Gasteiger partial charge in [0.25, 0.3) is 5.91 Å². The minimum atomic E-state index is 0.0854. The molecule has 3 nitrogen and oxygen atoms in total. The Bertz CT molecular complexity index is 557. The molecule has 0 aromatic heterocycles. The van der Waals surface area contributed by atoms with E-state index in [9.17, 15) is 4.79 Å². The van der Waals surface area contributed by atoms with Gasteiger partial charge >= 0.3 is 0 Å². The van der Waals surface area contributed by atoms with Crippen LogP contribution in [0.2, 0.25) is 0 Å². The maximum atomic E-state index is 12.7. The van der Waals surface area contributed by atoms with Crippen molar-refractivity contribution in [3.05, 3.63) is 29.8 Å². The Morgan fingerprint density at radius 1 is 1.08 bits per heavy atom. The Hall–Kier alpha value is -1.51. The van der Waals surface area contributed by atoms with Crippen LogP contribution in [0, 0.1) is 17.8 Å². The van der Waals surface area contributed by atoms with E-state index in [4.69, 9.17) is 4.74 Å². The van der Waals surface area contributed by atoms with Gasteiger partial charge in [0, 0.05) is 11.1 Å². The lowest BCUT2D eigenvalue weighted by Crippen LogP contribution is -2.59. The number of ether oxygens (including phenoxy) is 1. The second kappa shape index (κ2) is 6.42. The zero-order valence-corrected chi connectivity index (χ0v) is 14.7. The molecular weight excluding hydrogens is 298 g/mol. The standard InChI is InChI=1S/C21H29NO2/c1-2-3-8-24-19-6-4-18(5-7-19)20(23)22-21-12-15-9-16(13-21)11-17(10-15)14-21/h4-7,15-17H,2-3,8-14H2,1H3,(H,22,23). The number of unbranched alkanes of at least 4 members (excludes halogenated alkanes) is 1. The Kier molecular flexibility index (Phi) is 4.28. The van der Waals surface area contributed by atoms with Crippen molar-refractivity contribution in [2.75, 3.05) is 6.61 Å². The van der Waals surface area contributed by atoms with Crippen molar-refractivity contribution in [1.29, 1.82) is 0 Å². The first-order valence-corrected chi connectivity index (χ1v) is 9.71. The number of hydrogen-bond acceptors (Lipinski definition) is 2. The number of hydrogen-bond donors (Lipinski definition) is 1. The lowest BCUT2D eigenvalue weighted by molar-refractivity contribution is -0.0167. The van der Waals surface area contributed by atoms with Crippen molar-refractivity contribution in [3.63, 3.8) is 0 Å². The molecule has 0 spiro atoms. The van der Waals surface area contributed by atoms with Crippen molar-refractivity contribution in [2.45, 2.75) is 63.8 Å². The van der Waals surface area contributed by atoms with Crippen LogP contribution < -0.4 is 10.1 Å². The van der Waals surface area contributed by atoms with Gasteiger partial charge in [-0.05, 0) is 87.0 Å². The van der Waals surface area contributed by atoms with Gasteiger partial charge in [-0.2, -0.15) is 0 Å². The highest BCUT2D eigenvalue weighted by Crippen LogP contribution is 2.55. The molecule has 0 aliphatic heterocycles. The zero-order chi connectivity index (χ0) is 16.6. The van der Waals surface area contributed by atoms with Crippen molar-refractivity contribution >= 4 is 5.91 Å². The fourth-order valence-electron chi connectivity index (χ4n) is 5.61. The van der Waals surface area contributed by atoms with Crippen molar-refractivity contribution in [2.24, 2.45) is 17.8 Å². The summed E-state index contributed by atoms with van der Waals surface area (Å²) in [6.07, 6.45) is 9.99. The summed E-state index contributed by atoms with van der Waals surface area (Å²) in [5.74, 6) is 3.51. The molecular formula is C21H29NO2. The summed E-state index contributed by atoms with van der Waals surface area (Å²) < 4.78 is 5.68. The minimum Gasteiger partial charge on any atom is -0.494 e. The van der Waals surface area contributed by atoms with Gasteiger partial charge in [0.15, 0.2) is 0 Å². The average molecular weight is 327 g/mol. The van der Waals surface area contributed by atoms with E-state index in [1.807, 2.05) is 24.3 Å². The van der Waals surface area contributed by atoms with Gasteiger partial charge < -0.3 is 10.1 Å². The van der Waals surface area contributed by atoms with Crippen LogP contribution in [0.15, 0.2) is 24.3 Å². The molecule has 24 heavy (non-hydrogen) atoms. The summed E-state index contributed by atoms with van der Waals surface area (Å²) in [5, 5.41) is 3.43. The SMILES string of the molecule is CCCCOc1ccc(C(=O)NC23CC4CC(CC(C4)C2)C3)cc1. The van der Waals surface area contributed by atoms with Gasteiger partial charge in [-0.25, -0.2) is 0 Å². The van der Waals surface area contributed by atoms with Crippen LogP contribution in [0.5, 0.6) is 5.75 Å². The minimum absolute atomic E-state index is 0.0854. The van der Waals surface area contributed by atoms with Gasteiger partial charge in [-0.3, -0.25) is 4.79 Å². The van der Waals surface area contributed by atoms with Gasteiger partial charge in [0.2, 0.25) is 0 Å². The summed E-state index contributed by atoms with van der Waals surface area (Å²) in [6, 6.07) is 7.64. The third-order valence-corrected chi connectivity index (χ3v) is 6.30. The molecule has 1 amide bonds. The van der Waals surface area contributed by atoms with Crippen LogP contribution in [0.1, 0.15) is 68.6 Å². The first kappa shape index (κ1) is 16.0. The summed E-state index contributed by atoms with van der Waals surface area (Å²) in [5.41, 5.74) is 0.843. The highest BCUT2D eigenvalue weighted by molar-refractivity contribution is 5.94. The second-order valence-corrected chi connectivity index (χ2v) is 8.38. The molecule has 4 aliphatic carbocycles. The van der Waals surface area contributed by atoms with Crippen LogP contribution in [-0.4, -0.2) is 18.1 Å². The zero-order valence-electron chi connectivity index (χ0n) is 14.7. The average Bonchev–Trinajstić information content (AvgIpc) is 2.54. The molecule has 0 atom stereocenters. The molecule has 0 unspecified atom stereocenters. The van der Waals surface area contributed by atoms with Gasteiger partial charge in [0.05, 0.1) is 6.61 Å². The van der Waals surface area contributed by atoms with E-state index in [-0.39, 0.29) is 11.4 Å². The maximum Gasteiger partial charge on any atom is 0.251 e. The molecule has 4 bridgehead atoms. The third kappa shape index (κ3) is 3.18. The summed E-state index contributed by atoms with van der Waals surface area (Å²) >= 11 is 0. The molecule has 4 saturated carbocycles. The molecule has 0 radical (unpaired) electrons. The molecule has 1 aromatic carbocycles. The highest BCUT2D eigenvalue weighted by Gasteiger charge is 2.51. The Balaban J connectivity index is 1.39. The molecule has 4 fully saturated rings. The first-order valence-electron chi connectivity index (χ1n) is 9.71. The number of nitrogens with one attached hydrogen (secondary N) is 1. The van der Waals surface area contributed by atoms with Crippen LogP contribution in [-0.2, 0) is 0 Å². The molecule has 1 N–H and O–H groups in total. The predicted molar refractivity (Wildman–Crippen MR) is 95.2 cm³/mol. The van der Waals surface area contributed by atoms with Crippen LogP contribution in [0.4, 0.5) is 0 Å². The molecule has 3 heteroatoms. The van der Waals surface area contributed by atoms with E-state index in [1.165, 1.54) is 38.5 Å². The monoisotopic (exact) mass is 327 g/mol. The summed E-state index contributed by atoms with van der Waals surface area (Å²) in [7, 11) is 0. The smallest absolute Gasteiger partial charge is 0.251 e. The molecule has 4 aliphatic rings. The van der Waals surface area contributed by atoms with E-state index >= 15 is 0 Å². The second-order valence-electron chi connectivity index (χ2n) is 8.38. The van der Waals surface area contributed by atoms with E-state index in [0.29, 0.717) is 0 Å². The third-order valence-electron chi connectivity index (χ3n) is 6.30. The number of rotatable bonds is 6. The summed E-state index contributed by atoms with van der Waals surface area (Å²) in [4.78, 5) is 12.7. The van der Waals surface area contributed by atoms with Crippen LogP contribution in [0.25, 0.3) is 0 Å². The van der Waals surface area contributed by atoms with E-state index in [1.54, 1.807) is 0 Å². The number of carbonyl (C=O) groups excluding carboxylic acids is 1. The lowest BCUT2D eigenvalue weighted by Gasteiger charge is -2.56. The fraction of sp³-hybridized carbons (Fsp3) is 0.667. The van der Waals surface area contributed by atoms with E-state index in [2.05, 4.69) is 12.2 Å². The molecule has 5 rings (SSSR count).